The molecule has 2 fully saturated rings. The summed E-state index contributed by atoms with van der Waals surface area (Å²) in [6, 6.07) is 0.456. The quantitative estimate of drug-likeness (QED) is 0.0964. The largest absolute Gasteiger partial charge is 0.481 e. The maximum absolute atomic E-state index is 10.2. The van der Waals surface area contributed by atoms with Gasteiger partial charge in [-0.15, -0.1) is 0 Å². The number of aliphatic imine (C=N–C) groups is 2. The van der Waals surface area contributed by atoms with Gasteiger partial charge < -0.3 is 30.6 Å². The number of hydrogen-bond acceptors (Lipinski definition) is 10. The van der Waals surface area contributed by atoms with Crippen LogP contribution in [0.1, 0.15) is 110 Å². The molecule has 244 valence electrons. The molecular formula is C30H54N2O10. The summed E-state index contributed by atoms with van der Waals surface area (Å²) in [5.74, 6) is -0.140. The average Bonchev–Trinajstić information content (AvgIpc) is 2.97. The smallest absolute Gasteiger partial charge is 0.303 e. The molecule has 2 saturated carbocycles. The summed E-state index contributed by atoms with van der Waals surface area (Å²) in [5.41, 5.74) is -0.306. The van der Waals surface area contributed by atoms with Gasteiger partial charge in [0, 0.05) is 31.5 Å². The van der Waals surface area contributed by atoms with Crippen molar-refractivity contribution in [2.45, 2.75) is 122 Å². The minimum absolute atomic E-state index is 0.0451. The molecular weight excluding hydrogens is 548 g/mol. The summed E-state index contributed by atoms with van der Waals surface area (Å²) in [7, 11) is 0. The maximum atomic E-state index is 10.2. The molecule has 2 aliphatic rings. The standard InChI is InChI=1S/C15H22N2O2.C6H10O4.C5H12O2.C4H10O2/c18-10-16-14-5-1-12(2-6-14)9-13-3-7-15(8-4-13)17-11-19;7-5(8)3-1-2-4-6(9)10;1-5(2,3-6)4-7;5-3-1-2-4-6/h12-15H,1-9H2;1-4H2,(H,7,8)(H,9,10);6-7H,3-4H2,1-2H3;5-6H,1-4H2. The Morgan fingerprint density at radius 3 is 1.19 bits per heavy atom. The second-order valence-corrected chi connectivity index (χ2v) is 11.7. The number of hydrogen-bond donors (Lipinski definition) is 6. The van der Waals surface area contributed by atoms with Gasteiger partial charge in [-0.25, -0.2) is 19.6 Å². The fourth-order valence-electron chi connectivity index (χ4n) is 4.47. The second-order valence-electron chi connectivity index (χ2n) is 11.7. The van der Waals surface area contributed by atoms with Crippen LogP contribution in [0.4, 0.5) is 0 Å². The maximum Gasteiger partial charge on any atom is 0.303 e. The molecule has 0 amide bonds. The number of unbranched alkanes of at least 4 members (excludes halogenated alkanes) is 2. The van der Waals surface area contributed by atoms with Gasteiger partial charge in [0.05, 0.1) is 25.3 Å². The SMILES string of the molecule is CC(C)(CO)CO.O=C(O)CCCCC(=O)O.O=C=NC1CCC(CC2CCC(N=C=O)CC2)CC1.OCCCCO. The Hall–Kier alpha value is -2.46. The van der Waals surface area contributed by atoms with Crippen LogP contribution >= 0.6 is 0 Å². The first kappa shape index (κ1) is 41.7. The van der Waals surface area contributed by atoms with E-state index < -0.39 is 11.9 Å². The van der Waals surface area contributed by atoms with E-state index in [1.165, 1.54) is 32.1 Å². The predicted molar refractivity (Wildman–Crippen MR) is 157 cm³/mol. The van der Waals surface area contributed by atoms with Crippen LogP contribution in [-0.2, 0) is 19.2 Å². The van der Waals surface area contributed by atoms with Crippen molar-refractivity contribution < 1.29 is 49.8 Å². The van der Waals surface area contributed by atoms with E-state index in [9.17, 15) is 19.2 Å². The summed E-state index contributed by atoms with van der Waals surface area (Å²) in [5, 5.41) is 49.3. The third-order valence-electron chi connectivity index (χ3n) is 7.22. The van der Waals surface area contributed by atoms with Gasteiger partial charge in [-0.2, -0.15) is 0 Å². The number of isocyanates is 2. The monoisotopic (exact) mass is 602 g/mol. The number of carbonyl (C=O) groups is 2. The minimum Gasteiger partial charge on any atom is -0.481 e. The van der Waals surface area contributed by atoms with Gasteiger partial charge in [-0.3, -0.25) is 9.59 Å². The molecule has 0 bridgehead atoms. The molecule has 2 aliphatic carbocycles. The van der Waals surface area contributed by atoms with E-state index >= 15 is 0 Å². The van der Waals surface area contributed by atoms with Crippen molar-refractivity contribution in [3.8, 4) is 0 Å². The van der Waals surface area contributed by atoms with Crippen molar-refractivity contribution in [2.24, 2.45) is 27.2 Å². The molecule has 12 nitrogen and oxygen atoms in total. The van der Waals surface area contributed by atoms with Crippen LogP contribution in [0.25, 0.3) is 0 Å². The molecule has 0 saturated heterocycles. The fourth-order valence-corrected chi connectivity index (χ4v) is 4.47. The average molecular weight is 603 g/mol. The molecule has 0 radical (unpaired) electrons. The molecule has 0 aromatic heterocycles. The van der Waals surface area contributed by atoms with Crippen LogP contribution in [0.3, 0.4) is 0 Å². The first-order valence-corrected chi connectivity index (χ1v) is 15.0. The second kappa shape index (κ2) is 27.4. The van der Waals surface area contributed by atoms with Gasteiger partial charge in [0.1, 0.15) is 0 Å². The molecule has 0 heterocycles. The van der Waals surface area contributed by atoms with Crippen LogP contribution in [0, 0.1) is 17.3 Å². The molecule has 2 rings (SSSR count). The summed E-state index contributed by atoms with van der Waals surface area (Å²) >= 11 is 0. The van der Waals surface area contributed by atoms with E-state index in [0.29, 0.717) is 12.8 Å². The molecule has 0 aromatic rings. The zero-order valence-corrected chi connectivity index (χ0v) is 25.5. The Morgan fingerprint density at radius 1 is 0.643 bits per heavy atom. The first-order chi connectivity index (χ1) is 20.0. The zero-order valence-electron chi connectivity index (χ0n) is 25.5. The molecule has 0 spiro atoms. The van der Waals surface area contributed by atoms with Crippen molar-refractivity contribution in [3.05, 3.63) is 0 Å². The highest BCUT2D eigenvalue weighted by Crippen LogP contribution is 2.36. The summed E-state index contributed by atoms with van der Waals surface area (Å²) < 4.78 is 0. The topological polar surface area (TPSA) is 214 Å². The summed E-state index contributed by atoms with van der Waals surface area (Å²) in [6.45, 7) is 4.08. The number of aliphatic hydroxyl groups is 4. The number of nitrogens with zero attached hydrogens (tertiary/aromatic N) is 2. The van der Waals surface area contributed by atoms with Gasteiger partial charge >= 0.3 is 11.9 Å². The van der Waals surface area contributed by atoms with Crippen LogP contribution in [0.2, 0.25) is 0 Å². The van der Waals surface area contributed by atoms with Crippen molar-refractivity contribution in [3.63, 3.8) is 0 Å². The highest BCUT2D eigenvalue weighted by Gasteiger charge is 2.26. The van der Waals surface area contributed by atoms with Gasteiger partial charge in [-0.05, 0) is 95.3 Å². The van der Waals surface area contributed by atoms with Crippen LogP contribution in [0.5, 0.6) is 0 Å². The lowest BCUT2D eigenvalue weighted by atomic mass is 9.76. The molecule has 0 atom stereocenters. The lowest BCUT2D eigenvalue weighted by Gasteiger charge is -2.31. The molecule has 12 heteroatoms. The van der Waals surface area contributed by atoms with Gasteiger partial charge in [0.25, 0.3) is 0 Å². The molecule has 0 aliphatic heterocycles. The Labute approximate surface area is 250 Å². The van der Waals surface area contributed by atoms with Gasteiger partial charge in [-0.1, -0.05) is 13.8 Å². The minimum atomic E-state index is -0.870. The lowest BCUT2D eigenvalue weighted by Crippen LogP contribution is -2.23. The van der Waals surface area contributed by atoms with Crippen molar-refractivity contribution >= 4 is 24.1 Å². The van der Waals surface area contributed by atoms with Crippen molar-refractivity contribution in [1.82, 2.24) is 0 Å². The van der Waals surface area contributed by atoms with Gasteiger partial charge in [0.15, 0.2) is 0 Å². The fraction of sp³-hybridized carbons (Fsp3) is 0.867. The Bertz CT molecular complexity index is 717. The highest BCUT2D eigenvalue weighted by molar-refractivity contribution is 5.67. The number of carboxylic acids is 2. The third kappa shape index (κ3) is 26.4. The first-order valence-electron chi connectivity index (χ1n) is 15.0. The van der Waals surface area contributed by atoms with E-state index in [-0.39, 0.29) is 56.8 Å². The van der Waals surface area contributed by atoms with Crippen molar-refractivity contribution in [1.29, 1.82) is 0 Å². The predicted octanol–water partition coefficient (Wildman–Crippen LogP) is 3.63. The number of aliphatic carboxylic acids is 2. The van der Waals surface area contributed by atoms with E-state index in [1.54, 1.807) is 26.0 Å². The zero-order chi connectivity index (χ0) is 32.2. The number of rotatable bonds is 14. The van der Waals surface area contributed by atoms with Crippen LogP contribution in [0.15, 0.2) is 9.98 Å². The molecule has 0 aromatic carbocycles. The Morgan fingerprint density at radius 2 is 0.976 bits per heavy atom. The van der Waals surface area contributed by atoms with E-state index in [2.05, 4.69) is 9.98 Å². The number of aliphatic hydroxyl groups excluding tert-OH is 4. The van der Waals surface area contributed by atoms with Crippen LogP contribution < -0.4 is 0 Å². The number of carbonyl (C=O) groups excluding carboxylic acids is 2. The normalized spacial score (nSPS) is 21.3. The van der Waals surface area contributed by atoms with Crippen molar-refractivity contribution in [2.75, 3.05) is 26.4 Å². The molecule has 0 unspecified atom stereocenters. The molecule has 42 heavy (non-hydrogen) atoms. The van der Waals surface area contributed by atoms with E-state index in [4.69, 9.17) is 30.6 Å². The summed E-state index contributed by atoms with van der Waals surface area (Å²) in [6.07, 6.45) is 16.1. The van der Waals surface area contributed by atoms with E-state index in [1.807, 2.05) is 0 Å². The highest BCUT2D eigenvalue weighted by atomic mass is 16.4. The van der Waals surface area contributed by atoms with E-state index in [0.717, 1.165) is 50.4 Å². The Balaban J connectivity index is 0. The number of carboxylic acid groups (broad SMARTS) is 2. The van der Waals surface area contributed by atoms with Gasteiger partial charge in [0.2, 0.25) is 12.2 Å². The third-order valence-corrected chi connectivity index (χ3v) is 7.22. The Kier molecular flexibility index (Phi) is 27.2. The molecule has 6 N–H and O–H groups in total. The summed E-state index contributed by atoms with van der Waals surface area (Å²) in [4.78, 5) is 47.9. The van der Waals surface area contributed by atoms with Crippen LogP contribution in [-0.4, -0.2) is 93.2 Å². The lowest BCUT2D eigenvalue weighted by molar-refractivity contribution is -0.139.